The van der Waals surface area contributed by atoms with Crippen LogP contribution in [-0.4, -0.2) is 23.6 Å². The normalized spacial score (nSPS) is 20.9. The first-order chi connectivity index (χ1) is 9.91. The largest absolute Gasteiger partial charge is 0.465 e. The number of aryl methyl sites for hydroxylation is 1. The predicted octanol–water partition coefficient (Wildman–Crippen LogP) is 3.87. The highest BCUT2D eigenvalue weighted by atomic mass is 19.3. The maximum Gasteiger partial charge on any atom is 0.337 e. The van der Waals surface area contributed by atoms with E-state index >= 15 is 0 Å². The Balaban J connectivity index is 2.04. The number of benzene rings is 1. The summed E-state index contributed by atoms with van der Waals surface area (Å²) in [6.45, 7) is 0. The van der Waals surface area contributed by atoms with Gasteiger partial charge in [0.2, 0.25) is 5.92 Å². The molecule has 3 nitrogen and oxygen atoms in total. The van der Waals surface area contributed by atoms with Crippen LogP contribution in [0, 0.1) is 0 Å². The molecule has 1 atom stereocenters. The summed E-state index contributed by atoms with van der Waals surface area (Å²) >= 11 is 0. The van der Waals surface area contributed by atoms with Gasteiger partial charge in [0.15, 0.2) is 0 Å². The smallest absolute Gasteiger partial charge is 0.337 e. The van der Waals surface area contributed by atoms with E-state index in [9.17, 15) is 13.6 Å². The summed E-state index contributed by atoms with van der Waals surface area (Å²) in [5.74, 6) is -3.07. The van der Waals surface area contributed by atoms with Gasteiger partial charge in [-0.1, -0.05) is 6.07 Å². The van der Waals surface area contributed by atoms with Crippen molar-refractivity contribution in [1.29, 1.82) is 0 Å². The number of fused-ring (bicyclic) bond motifs is 1. The molecule has 1 saturated carbocycles. The molecule has 0 aliphatic heterocycles. The molecule has 1 aromatic heterocycles. The van der Waals surface area contributed by atoms with Crippen LogP contribution in [0.1, 0.15) is 41.1 Å². The number of rotatable bonds is 2. The fourth-order valence-electron chi connectivity index (χ4n) is 3.20. The first-order valence-corrected chi connectivity index (χ1v) is 6.96. The van der Waals surface area contributed by atoms with E-state index < -0.39 is 11.9 Å². The molecule has 0 bridgehead atoms. The molecule has 1 aromatic carbocycles. The molecule has 0 amide bonds. The van der Waals surface area contributed by atoms with Crippen LogP contribution < -0.4 is 0 Å². The highest BCUT2D eigenvalue weighted by Crippen LogP contribution is 2.46. The van der Waals surface area contributed by atoms with E-state index in [1.165, 1.54) is 7.11 Å². The lowest BCUT2D eigenvalue weighted by atomic mass is 9.96. The lowest BCUT2D eigenvalue weighted by Gasteiger charge is -2.09. The van der Waals surface area contributed by atoms with E-state index in [-0.39, 0.29) is 18.8 Å². The Labute approximate surface area is 121 Å². The second-order valence-electron chi connectivity index (χ2n) is 5.71. The third-order valence-electron chi connectivity index (χ3n) is 4.29. The SMILES string of the molecule is COC(=O)c1ccc2c(C3CCC(F)(F)C3)cn(C)c2c1. The summed E-state index contributed by atoms with van der Waals surface area (Å²) in [5, 5.41) is 0.938. The average molecular weight is 293 g/mol. The number of aromatic nitrogens is 1. The molecule has 112 valence electrons. The van der Waals surface area contributed by atoms with Crippen molar-refractivity contribution < 1.29 is 18.3 Å². The summed E-state index contributed by atoms with van der Waals surface area (Å²) in [7, 11) is 3.20. The molecule has 21 heavy (non-hydrogen) atoms. The van der Waals surface area contributed by atoms with Gasteiger partial charge in [-0.25, -0.2) is 13.6 Å². The first-order valence-electron chi connectivity index (χ1n) is 6.96. The zero-order valence-electron chi connectivity index (χ0n) is 12.0. The molecule has 5 heteroatoms. The van der Waals surface area contributed by atoms with Gasteiger partial charge in [0.1, 0.15) is 0 Å². The minimum atomic E-state index is -2.56. The fraction of sp³-hybridized carbons (Fsp3) is 0.438. The second-order valence-corrected chi connectivity index (χ2v) is 5.71. The Morgan fingerprint density at radius 1 is 1.43 bits per heavy atom. The maximum atomic E-state index is 13.4. The van der Waals surface area contributed by atoms with E-state index in [1.54, 1.807) is 12.1 Å². The number of halogens is 2. The molecule has 0 radical (unpaired) electrons. The van der Waals surface area contributed by atoms with Crippen molar-refractivity contribution in [3.63, 3.8) is 0 Å². The van der Waals surface area contributed by atoms with Gasteiger partial charge in [-0.15, -0.1) is 0 Å². The summed E-state index contributed by atoms with van der Waals surface area (Å²) in [6, 6.07) is 5.26. The van der Waals surface area contributed by atoms with Crippen molar-refractivity contribution in [2.75, 3.05) is 7.11 Å². The van der Waals surface area contributed by atoms with Gasteiger partial charge in [-0.2, -0.15) is 0 Å². The second kappa shape index (κ2) is 4.83. The highest BCUT2D eigenvalue weighted by molar-refractivity contribution is 5.95. The molecule has 1 heterocycles. The third kappa shape index (κ3) is 2.41. The Kier molecular flexibility index (Phi) is 3.23. The summed E-state index contributed by atoms with van der Waals surface area (Å²) in [6.07, 6.45) is 2.27. The first kappa shape index (κ1) is 14.0. The monoisotopic (exact) mass is 293 g/mol. The number of ether oxygens (including phenoxy) is 1. The number of methoxy groups -OCH3 is 1. The zero-order chi connectivity index (χ0) is 15.2. The Morgan fingerprint density at radius 3 is 2.81 bits per heavy atom. The number of esters is 1. The standard InChI is InChI=1S/C16H17F2NO2/c1-19-9-13(11-5-6-16(17,18)8-11)12-4-3-10(7-14(12)19)15(20)21-2/h3-4,7,9,11H,5-6,8H2,1-2H3. The lowest BCUT2D eigenvalue weighted by molar-refractivity contribution is 0.00779. The number of alkyl halides is 2. The van der Waals surface area contributed by atoms with Crippen LogP contribution in [0.4, 0.5) is 8.78 Å². The Hall–Kier alpha value is -1.91. The minimum Gasteiger partial charge on any atom is -0.465 e. The Bertz CT molecular complexity index is 706. The molecule has 1 aliphatic carbocycles. The summed E-state index contributed by atoms with van der Waals surface area (Å²) in [5.41, 5.74) is 2.28. The van der Waals surface area contributed by atoms with E-state index in [0.29, 0.717) is 12.0 Å². The number of carbonyl (C=O) groups is 1. The highest BCUT2D eigenvalue weighted by Gasteiger charge is 2.40. The van der Waals surface area contributed by atoms with Crippen molar-refractivity contribution in [3.05, 3.63) is 35.5 Å². The van der Waals surface area contributed by atoms with E-state index in [0.717, 1.165) is 16.5 Å². The van der Waals surface area contributed by atoms with Crippen molar-refractivity contribution in [3.8, 4) is 0 Å². The van der Waals surface area contributed by atoms with Crippen molar-refractivity contribution >= 4 is 16.9 Å². The molecule has 1 fully saturated rings. The van der Waals surface area contributed by atoms with E-state index in [1.807, 2.05) is 23.9 Å². The number of carbonyl (C=O) groups excluding carboxylic acids is 1. The van der Waals surface area contributed by atoms with Crippen molar-refractivity contribution in [2.45, 2.75) is 31.1 Å². The van der Waals surface area contributed by atoms with Crippen molar-refractivity contribution in [1.82, 2.24) is 4.57 Å². The van der Waals surface area contributed by atoms with Gasteiger partial charge in [0.05, 0.1) is 12.7 Å². The quantitative estimate of drug-likeness (QED) is 0.787. The minimum absolute atomic E-state index is 0.0473. The molecule has 0 N–H and O–H groups in total. The molecule has 1 unspecified atom stereocenters. The third-order valence-corrected chi connectivity index (χ3v) is 4.29. The molecule has 2 aromatic rings. The van der Waals surface area contributed by atoms with Gasteiger partial charge >= 0.3 is 5.97 Å². The molecular weight excluding hydrogens is 276 g/mol. The zero-order valence-corrected chi connectivity index (χ0v) is 12.0. The van der Waals surface area contributed by atoms with Gasteiger partial charge in [-0.3, -0.25) is 0 Å². The van der Waals surface area contributed by atoms with Crippen molar-refractivity contribution in [2.24, 2.45) is 7.05 Å². The molecule has 0 spiro atoms. The summed E-state index contributed by atoms with van der Waals surface area (Å²) in [4.78, 5) is 11.6. The number of hydrogen-bond donors (Lipinski definition) is 0. The summed E-state index contributed by atoms with van der Waals surface area (Å²) < 4.78 is 33.5. The molecule has 0 saturated heterocycles. The van der Waals surface area contributed by atoms with E-state index in [4.69, 9.17) is 4.74 Å². The Morgan fingerprint density at radius 2 is 2.19 bits per heavy atom. The van der Waals surface area contributed by atoms with Crippen LogP contribution in [0.15, 0.2) is 24.4 Å². The number of hydrogen-bond acceptors (Lipinski definition) is 2. The predicted molar refractivity (Wildman–Crippen MR) is 75.8 cm³/mol. The van der Waals surface area contributed by atoms with Crippen LogP contribution in [0.5, 0.6) is 0 Å². The lowest BCUT2D eigenvalue weighted by Crippen LogP contribution is -2.09. The maximum absolute atomic E-state index is 13.4. The number of nitrogens with zero attached hydrogens (tertiary/aromatic N) is 1. The van der Waals surface area contributed by atoms with Crippen LogP contribution in [0.2, 0.25) is 0 Å². The van der Waals surface area contributed by atoms with Crippen LogP contribution in [0.3, 0.4) is 0 Å². The average Bonchev–Trinajstić information content (AvgIpc) is 2.98. The molecule has 1 aliphatic rings. The fourth-order valence-corrected chi connectivity index (χ4v) is 3.20. The van der Waals surface area contributed by atoms with Gasteiger partial charge in [0.25, 0.3) is 0 Å². The van der Waals surface area contributed by atoms with Crippen LogP contribution in [-0.2, 0) is 11.8 Å². The van der Waals surface area contributed by atoms with Crippen LogP contribution >= 0.6 is 0 Å². The molecule has 3 rings (SSSR count). The van der Waals surface area contributed by atoms with Gasteiger partial charge in [0, 0.05) is 37.0 Å². The topological polar surface area (TPSA) is 31.2 Å². The van der Waals surface area contributed by atoms with Gasteiger partial charge < -0.3 is 9.30 Å². The van der Waals surface area contributed by atoms with Gasteiger partial charge in [-0.05, 0) is 30.0 Å². The molecular formula is C16H17F2NO2. The van der Waals surface area contributed by atoms with E-state index in [2.05, 4.69) is 0 Å². The van der Waals surface area contributed by atoms with Crippen LogP contribution in [0.25, 0.3) is 10.9 Å².